The number of halogens is 3. The van der Waals surface area contributed by atoms with E-state index in [1.54, 1.807) is 0 Å². The number of nitrogens with zero attached hydrogens (tertiary/aromatic N) is 2. The van der Waals surface area contributed by atoms with Gasteiger partial charge in [0.15, 0.2) is 0 Å². The lowest BCUT2D eigenvalue weighted by molar-refractivity contribution is -0.196. The van der Waals surface area contributed by atoms with Crippen molar-refractivity contribution in [2.45, 2.75) is 12.2 Å². The fourth-order valence-electron chi connectivity index (χ4n) is 1.72. The molecular formula is C9H13F3N2O4. The Balaban J connectivity index is 2.78. The van der Waals surface area contributed by atoms with Crippen LogP contribution in [0.1, 0.15) is 0 Å². The quantitative estimate of drug-likeness (QED) is 0.735. The van der Waals surface area contributed by atoms with E-state index >= 15 is 0 Å². The standard InChI is InChI=1S/C9H13F3N2O4/c1-18-7(15)5-13-2-3-14(8(16)17)4-6(13)9(10,11)12/h6H,2-5H2,1H3,(H,16,17)/t6-/m1/s1. The number of alkyl halides is 3. The summed E-state index contributed by atoms with van der Waals surface area (Å²) in [6.07, 6.45) is -6.00. The number of hydrogen-bond acceptors (Lipinski definition) is 4. The van der Waals surface area contributed by atoms with Gasteiger partial charge in [-0.1, -0.05) is 0 Å². The fraction of sp³-hybridized carbons (Fsp3) is 0.778. The molecular weight excluding hydrogens is 257 g/mol. The van der Waals surface area contributed by atoms with Crippen molar-refractivity contribution in [3.05, 3.63) is 0 Å². The van der Waals surface area contributed by atoms with Crippen LogP contribution in [0.25, 0.3) is 0 Å². The van der Waals surface area contributed by atoms with Crippen LogP contribution in [-0.4, -0.2) is 72.5 Å². The summed E-state index contributed by atoms with van der Waals surface area (Å²) in [7, 11) is 1.08. The Hall–Kier alpha value is -1.51. The maximum Gasteiger partial charge on any atom is 0.407 e. The molecule has 0 spiro atoms. The molecule has 1 N–H and O–H groups in total. The number of esters is 1. The lowest BCUT2D eigenvalue weighted by Gasteiger charge is -2.40. The van der Waals surface area contributed by atoms with Crippen LogP contribution in [0.3, 0.4) is 0 Å². The van der Waals surface area contributed by atoms with Crippen LogP contribution in [-0.2, 0) is 9.53 Å². The lowest BCUT2D eigenvalue weighted by atomic mass is 10.1. The van der Waals surface area contributed by atoms with Crippen LogP contribution in [0.5, 0.6) is 0 Å². The maximum atomic E-state index is 12.8. The summed E-state index contributed by atoms with van der Waals surface area (Å²) in [5.74, 6) is -0.784. The summed E-state index contributed by atoms with van der Waals surface area (Å²) >= 11 is 0. The Morgan fingerprint density at radius 2 is 2.00 bits per heavy atom. The smallest absolute Gasteiger partial charge is 0.407 e. The predicted molar refractivity (Wildman–Crippen MR) is 53.0 cm³/mol. The van der Waals surface area contributed by atoms with Gasteiger partial charge in [0, 0.05) is 19.6 Å². The molecule has 18 heavy (non-hydrogen) atoms. The van der Waals surface area contributed by atoms with Crippen LogP contribution < -0.4 is 0 Å². The number of piperazine rings is 1. The molecule has 1 aliphatic rings. The van der Waals surface area contributed by atoms with Crippen molar-refractivity contribution in [3.8, 4) is 0 Å². The van der Waals surface area contributed by atoms with Gasteiger partial charge in [-0.25, -0.2) is 4.79 Å². The van der Waals surface area contributed by atoms with Crippen LogP contribution >= 0.6 is 0 Å². The average Bonchev–Trinajstić information content (AvgIpc) is 2.27. The number of amides is 1. The first-order chi connectivity index (χ1) is 8.25. The van der Waals surface area contributed by atoms with Gasteiger partial charge in [0.25, 0.3) is 0 Å². The molecule has 0 unspecified atom stereocenters. The molecule has 6 nitrogen and oxygen atoms in total. The van der Waals surface area contributed by atoms with Crippen molar-refractivity contribution in [1.82, 2.24) is 9.80 Å². The van der Waals surface area contributed by atoms with E-state index in [9.17, 15) is 22.8 Å². The van der Waals surface area contributed by atoms with E-state index in [2.05, 4.69) is 4.74 Å². The van der Waals surface area contributed by atoms with Gasteiger partial charge in [0.2, 0.25) is 0 Å². The number of ether oxygens (including phenoxy) is 1. The summed E-state index contributed by atoms with van der Waals surface area (Å²) in [6, 6.07) is -1.98. The Kier molecular flexibility index (Phi) is 4.38. The van der Waals surface area contributed by atoms with Crippen LogP contribution in [0.15, 0.2) is 0 Å². The van der Waals surface area contributed by atoms with E-state index < -0.39 is 37.4 Å². The van der Waals surface area contributed by atoms with Gasteiger partial charge in [0.1, 0.15) is 6.04 Å². The minimum Gasteiger partial charge on any atom is -0.468 e. The summed E-state index contributed by atoms with van der Waals surface area (Å²) in [5.41, 5.74) is 0. The van der Waals surface area contributed by atoms with E-state index in [-0.39, 0.29) is 13.1 Å². The van der Waals surface area contributed by atoms with Gasteiger partial charge in [-0.2, -0.15) is 13.2 Å². The maximum absolute atomic E-state index is 12.8. The molecule has 1 saturated heterocycles. The Morgan fingerprint density at radius 3 is 2.44 bits per heavy atom. The molecule has 1 rings (SSSR count). The number of carbonyl (C=O) groups excluding carboxylic acids is 1. The highest BCUT2D eigenvalue weighted by Crippen LogP contribution is 2.27. The first-order valence-electron chi connectivity index (χ1n) is 5.11. The molecule has 0 radical (unpaired) electrons. The monoisotopic (exact) mass is 270 g/mol. The second-order valence-corrected chi connectivity index (χ2v) is 3.83. The number of carboxylic acid groups (broad SMARTS) is 1. The topological polar surface area (TPSA) is 70.1 Å². The van der Waals surface area contributed by atoms with Gasteiger partial charge in [-0.05, 0) is 0 Å². The zero-order valence-corrected chi connectivity index (χ0v) is 9.61. The highest BCUT2D eigenvalue weighted by molar-refractivity contribution is 5.71. The molecule has 1 heterocycles. The Bertz CT molecular complexity index is 334. The van der Waals surface area contributed by atoms with E-state index in [1.807, 2.05) is 0 Å². The van der Waals surface area contributed by atoms with Gasteiger partial charge in [-0.15, -0.1) is 0 Å². The van der Waals surface area contributed by atoms with Crippen molar-refractivity contribution >= 4 is 12.1 Å². The third kappa shape index (κ3) is 3.49. The summed E-state index contributed by atoms with van der Waals surface area (Å²) in [4.78, 5) is 23.2. The van der Waals surface area contributed by atoms with Gasteiger partial charge in [0.05, 0.1) is 13.7 Å². The van der Waals surface area contributed by atoms with Crippen molar-refractivity contribution in [2.75, 3.05) is 33.3 Å². The lowest BCUT2D eigenvalue weighted by Crippen LogP contribution is -2.60. The normalized spacial score (nSPS) is 21.8. The summed E-state index contributed by atoms with van der Waals surface area (Å²) in [6.45, 7) is -1.44. The molecule has 1 aliphatic heterocycles. The molecule has 1 amide bonds. The third-order valence-electron chi connectivity index (χ3n) is 2.70. The average molecular weight is 270 g/mol. The zero-order valence-electron chi connectivity index (χ0n) is 9.61. The largest absolute Gasteiger partial charge is 0.468 e. The Labute approximate surface area is 101 Å². The number of methoxy groups -OCH3 is 1. The van der Waals surface area contributed by atoms with Crippen molar-refractivity contribution in [2.24, 2.45) is 0 Å². The molecule has 0 aromatic heterocycles. The van der Waals surface area contributed by atoms with Gasteiger partial charge >= 0.3 is 18.2 Å². The van der Waals surface area contributed by atoms with E-state index in [0.29, 0.717) is 4.90 Å². The zero-order chi connectivity index (χ0) is 13.9. The number of hydrogen-bond donors (Lipinski definition) is 1. The van der Waals surface area contributed by atoms with Gasteiger partial charge in [-0.3, -0.25) is 9.69 Å². The molecule has 0 aromatic rings. The molecule has 0 bridgehead atoms. The van der Waals surface area contributed by atoms with Gasteiger partial charge < -0.3 is 14.7 Å². The van der Waals surface area contributed by atoms with Crippen LogP contribution in [0.4, 0.5) is 18.0 Å². The minimum atomic E-state index is -4.60. The summed E-state index contributed by atoms with van der Waals surface area (Å²) in [5, 5.41) is 8.68. The van der Waals surface area contributed by atoms with Crippen molar-refractivity contribution in [1.29, 1.82) is 0 Å². The van der Waals surface area contributed by atoms with Crippen LogP contribution in [0, 0.1) is 0 Å². The van der Waals surface area contributed by atoms with E-state index in [0.717, 1.165) is 12.0 Å². The molecule has 0 aliphatic carbocycles. The second kappa shape index (κ2) is 5.42. The molecule has 104 valence electrons. The first kappa shape index (κ1) is 14.6. The van der Waals surface area contributed by atoms with Crippen molar-refractivity contribution in [3.63, 3.8) is 0 Å². The summed E-state index contributed by atoms with van der Waals surface area (Å²) < 4.78 is 42.6. The van der Waals surface area contributed by atoms with E-state index in [1.165, 1.54) is 0 Å². The number of rotatable bonds is 2. The SMILES string of the molecule is COC(=O)CN1CCN(C(=O)O)C[C@@H]1C(F)(F)F. The van der Waals surface area contributed by atoms with Crippen molar-refractivity contribution < 1.29 is 32.6 Å². The molecule has 0 aromatic carbocycles. The molecule has 1 fully saturated rings. The minimum absolute atomic E-state index is 0.0705. The third-order valence-corrected chi connectivity index (χ3v) is 2.70. The Morgan fingerprint density at radius 1 is 1.39 bits per heavy atom. The highest BCUT2D eigenvalue weighted by atomic mass is 19.4. The fourth-order valence-corrected chi connectivity index (χ4v) is 1.72. The molecule has 1 atom stereocenters. The first-order valence-corrected chi connectivity index (χ1v) is 5.11. The molecule has 0 saturated carbocycles. The van der Waals surface area contributed by atoms with Crippen LogP contribution in [0.2, 0.25) is 0 Å². The second-order valence-electron chi connectivity index (χ2n) is 3.83. The highest BCUT2D eigenvalue weighted by Gasteiger charge is 2.47. The predicted octanol–water partition coefficient (Wildman–Crippen LogP) is 0.386. The van der Waals surface area contributed by atoms with E-state index in [4.69, 9.17) is 5.11 Å². The molecule has 9 heteroatoms. The number of carbonyl (C=O) groups is 2.